The Balaban J connectivity index is 2.11. The van der Waals surface area contributed by atoms with Crippen molar-refractivity contribution in [1.82, 2.24) is 9.88 Å². The molecule has 0 atom stereocenters. The van der Waals surface area contributed by atoms with Crippen molar-refractivity contribution in [2.45, 2.75) is 31.0 Å². The molecule has 0 spiro atoms. The van der Waals surface area contributed by atoms with Crippen LogP contribution in [-0.4, -0.2) is 20.1 Å². The van der Waals surface area contributed by atoms with Gasteiger partial charge in [-0.25, -0.2) is 13.1 Å². The van der Waals surface area contributed by atoms with Gasteiger partial charge in [0.15, 0.2) is 0 Å². The highest BCUT2D eigenvalue weighted by Crippen LogP contribution is 2.22. The highest BCUT2D eigenvalue weighted by molar-refractivity contribution is 7.91. The molecule has 2 rings (SSSR count). The molecule has 0 saturated carbocycles. The number of nitrogens with zero attached hydrogens (tertiary/aromatic N) is 1. The number of sulfonamides is 1. The summed E-state index contributed by atoms with van der Waals surface area (Å²) in [6.45, 7) is 4.22. The minimum atomic E-state index is -3.51. The van der Waals surface area contributed by atoms with Crippen LogP contribution in [0, 0.1) is 13.8 Å². The van der Waals surface area contributed by atoms with Crippen LogP contribution in [0.2, 0.25) is 0 Å². The van der Waals surface area contributed by atoms with Gasteiger partial charge in [-0.2, -0.15) is 0 Å². The molecule has 2 heterocycles. The van der Waals surface area contributed by atoms with Crippen molar-refractivity contribution in [3.8, 4) is 0 Å². The number of thiophene rings is 1. The molecule has 20 heavy (non-hydrogen) atoms. The average molecular weight is 315 g/mol. The normalized spacial score (nSPS) is 11.9. The van der Waals surface area contributed by atoms with Gasteiger partial charge in [-0.1, -0.05) is 5.16 Å². The predicted octanol–water partition coefficient (Wildman–Crippen LogP) is 1.33. The van der Waals surface area contributed by atoms with Crippen molar-refractivity contribution in [3.63, 3.8) is 0 Å². The Hall–Kier alpha value is -1.22. The summed E-state index contributed by atoms with van der Waals surface area (Å²) in [5, 5.41) is 3.80. The fourth-order valence-corrected chi connectivity index (χ4v) is 4.18. The Morgan fingerprint density at radius 3 is 2.75 bits per heavy atom. The molecule has 3 N–H and O–H groups in total. The third-order valence-corrected chi connectivity index (χ3v) is 5.95. The topological polar surface area (TPSA) is 98.2 Å². The van der Waals surface area contributed by atoms with E-state index in [-0.39, 0.29) is 6.54 Å². The molecule has 8 heteroatoms. The number of nitrogens with one attached hydrogen (secondary N) is 1. The van der Waals surface area contributed by atoms with Gasteiger partial charge in [0, 0.05) is 17.0 Å². The van der Waals surface area contributed by atoms with Gasteiger partial charge in [0.05, 0.1) is 5.69 Å². The Morgan fingerprint density at radius 2 is 2.15 bits per heavy atom. The molecule has 0 bridgehead atoms. The Kier molecular flexibility index (Phi) is 4.59. The second-order valence-corrected chi connectivity index (χ2v) is 7.55. The summed E-state index contributed by atoms with van der Waals surface area (Å²) < 4.78 is 32.2. The zero-order chi connectivity index (χ0) is 14.8. The van der Waals surface area contributed by atoms with Crippen LogP contribution in [0.5, 0.6) is 0 Å². The number of rotatable bonds is 6. The van der Waals surface area contributed by atoms with Crippen LogP contribution in [0.3, 0.4) is 0 Å². The molecule has 0 aliphatic carbocycles. The second kappa shape index (κ2) is 6.04. The van der Waals surface area contributed by atoms with E-state index in [9.17, 15) is 8.42 Å². The largest absolute Gasteiger partial charge is 0.361 e. The van der Waals surface area contributed by atoms with Gasteiger partial charge >= 0.3 is 0 Å². The highest BCUT2D eigenvalue weighted by atomic mass is 32.2. The van der Waals surface area contributed by atoms with E-state index in [4.69, 9.17) is 10.3 Å². The molecule has 0 aromatic carbocycles. The molecular weight excluding hydrogens is 298 g/mol. The summed E-state index contributed by atoms with van der Waals surface area (Å²) in [7, 11) is -3.51. The van der Waals surface area contributed by atoms with E-state index in [1.54, 1.807) is 26.0 Å². The smallest absolute Gasteiger partial charge is 0.250 e. The standard InChI is InChI=1S/C12H17N3O3S2/c1-8-11(9(2)18-15-8)7-14-20(16,17)12-4-3-10(19-12)5-6-13/h3-4,14H,5-7,13H2,1-2H3. The van der Waals surface area contributed by atoms with Gasteiger partial charge in [-0.05, 0) is 38.9 Å². The van der Waals surface area contributed by atoms with E-state index in [2.05, 4.69) is 9.88 Å². The van der Waals surface area contributed by atoms with Crippen molar-refractivity contribution in [2.75, 3.05) is 6.54 Å². The van der Waals surface area contributed by atoms with Gasteiger partial charge < -0.3 is 10.3 Å². The third-order valence-electron chi connectivity index (χ3n) is 2.91. The number of aromatic nitrogens is 1. The molecule has 0 saturated heterocycles. The maximum Gasteiger partial charge on any atom is 0.250 e. The van der Waals surface area contributed by atoms with Gasteiger partial charge in [0.2, 0.25) is 10.0 Å². The first-order chi connectivity index (χ1) is 9.44. The lowest BCUT2D eigenvalue weighted by atomic mass is 10.2. The van der Waals surface area contributed by atoms with Crippen molar-refractivity contribution in [1.29, 1.82) is 0 Å². The molecule has 2 aromatic heterocycles. The first-order valence-electron chi connectivity index (χ1n) is 6.14. The first-order valence-corrected chi connectivity index (χ1v) is 8.44. The Labute approximate surface area is 122 Å². The predicted molar refractivity (Wildman–Crippen MR) is 77.1 cm³/mol. The Morgan fingerprint density at radius 1 is 1.40 bits per heavy atom. The van der Waals surface area contributed by atoms with E-state index < -0.39 is 10.0 Å². The summed E-state index contributed by atoms with van der Waals surface area (Å²) in [5.74, 6) is 0.625. The number of nitrogens with two attached hydrogens (primary N) is 1. The van der Waals surface area contributed by atoms with Crippen LogP contribution < -0.4 is 10.5 Å². The van der Waals surface area contributed by atoms with Crippen LogP contribution in [0.4, 0.5) is 0 Å². The third kappa shape index (κ3) is 3.26. The van der Waals surface area contributed by atoms with Crippen molar-refractivity contribution in [3.05, 3.63) is 34.0 Å². The molecule has 6 nitrogen and oxygen atoms in total. The van der Waals surface area contributed by atoms with Crippen LogP contribution in [-0.2, 0) is 23.0 Å². The first kappa shape index (κ1) is 15.2. The average Bonchev–Trinajstić information content (AvgIpc) is 2.97. The molecule has 0 aliphatic rings. The zero-order valence-electron chi connectivity index (χ0n) is 11.3. The summed E-state index contributed by atoms with van der Waals surface area (Å²) in [6, 6.07) is 3.40. The molecule has 0 aliphatic heterocycles. The maximum atomic E-state index is 12.2. The monoisotopic (exact) mass is 315 g/mol. The molecular formula is C12H17N3O3S2. The lowest BCUT2D eigenvalue weighted by molar-refractivity contribution is 0.392. The van der Waals surface area contributed by atoms with Gasteiger partial charge in [-0.3, -0.25) is 0 Å². The van der Waals surface area contributed by atoms with Crippen LogP contribution in [0.25, 0.3) is 0 Å². The van der Waals surface area contributed by atoms with E-state index in [1.807, 2.05) is 0 Å². The summed E-state index contributed by atoms with van der Waals surface area (Å²) in [6.07, 6.45) is 0.685. The highest BCUT2D eigenvalue weighted by Gasteiger charge is 2.18. The van der Waals surface area contributed by atoms with Gasteiger partial charge in [0.25, 0.3) is 0 Å². The lowest BCUT2D eigenvalue weighted by Crippen LogP contribution is -2.22. The summed E-state index contributed by atoms with van der Waals surface area (Å²) in [4.78, 5) is 0.963. The number of hydrogen-bond acceptors (Lipinski definition) is 6. The zero-order valence-corrected chi connectivity index (χ0v) is 13.0. The van der Waals surface area contributed by atoms with Crippen LogP contribution in [0.15, 0.2) is 20.9 Å². The fraction of sp³-hybridized carbons (Fsp3) is 0.417. The van der Waals surface area contributed by atoms with E-state index in [0.717, 1.165) is 10.4 Å². The van der Waals surface area contributed by atoms with E-state index >= 15 is 0 Å². The molecule has 110 valence electrons. The second-order valence-electron chi connectivity index (χ2n) is 4.39. The van der Waals surface area contributed by atoms with Gasteiger partial charge in [-0.15, -0.1) is 11.3 Å². The molecule has 0 unspecified atom stereocenters. The number of hydrogen-bond donors (Lipinski definition) is 2. The fourth-order valence-electron chi connectivity index (χ4n) is 1.77. The minimum Gasteiger partial charge on any atom is -0.361 e. The molecule has 2 aromatic rings. The minimum absolute atomic E-state index is 0.174. The van der Waals surface area contributed by atoms with E-state index in [1.165, 1.54) is 11.3 Å². The van der Waals surface area contributed by atoms with Crippen molar-refractivity contribution >= 4 is 21.4 Å². The van der Waals surface area contributed by atoms with Crippen LogP contribution in [0.1, 0.15) is 21.9 Å². The van der Waals surface area contributed by atoms with Gasteiger partial charge in [0.1, 0.15) is 9.97 Å². The SMILES string of the molecule is Cc1noc(C)c1CNS(=O)(=O)c1ccc(CCN)s1. The van der Waals surface area contributed by atoms with E-state index in [0.29, 0.717) is 28.6 Å². The molecule has 0 fully saturated rings. The number of aryl methyl sites for hydroxylation is 2. The van der Waals surface area contributed by atoms with Crippen molar-refractivity contribution in [2.24, 2.45) is 5.73 Å². The maximum absolute atomic E-state index is 12.2. The quantitative estimate of drug-likeness (QED) is 0.838. The molecule has 0 radical (unpaired) electrons. The summed E-state index contributed by atoms with van der Waals surface area (Å²) in [5.41, 5.74) is 6.92. The summed E-state index contributed by atoms with van der Waals surface area (Å²) >= 11 is 1.24. The molecule has 0 amide bonds. The van der Waals surface area contributed by atoms with Crippen LogP contribution >= 0.6 is 11.3 Å². The lowest BCUT2D eigenvalue weighted by Gasteiger charge is -2.04. The van der Waals surface area contributed by atoms with Crippen molar-refractivity contribution < 1.29 is 12.9 Å². The Bertz CT molecular complexity index is 669.